The number of carbonyl (C=O) groups is 4. The zero-order chi connectivity index (χ0) is 38.2. The Hall–Kier alpha value is -5.64. The highest BCUT2D eigenvalue weighted by molar-refractivity contribution is 5.96. The Balaban J connectivity index is 0.000000891. The van der Waals surface area contributed by atoms with Gasteiger partial charge in [-0.25, -0.2) is 19.2 Å². The minimum Gasteiger partial charge on any atom is -0.490 e. The van der Waals surface area contributed by atoms with Crippen molar-refractivity contribution in [2.24, 2.45) is 5.73 Å². The number of nitrogen functional groups attached to an aromatic ring is 1. The molecule has 1 aliphatic heterocycles. The average molecular weight is 724 g/mol. The first-order chi connectivity index (χ1) is 22.4. The Morgan fingerprint density at radius 2 is 1.24 bits per heavy atom. The van der Waals surface area contributed by atoms with E-state index in [-0.39, 0.29) is 19.0 Å². The molecule has 23 heteroatoms. The van der Waals surface area contributed by atoms with Crippen molar-refractivity contribution in [3.8, 4) is 5.75 Å². The second-order valence-corrected chi connectivity index (χ2v) is 8.81. The van der Waals surface area contributed by atoms with E-state index in [1.54, 1.807) is 36.4 Å². The van der Waals surface area contributed by atoms with Gasteiger partial charge in [0.25, 0.3) is 0 Å². The van der Waals surface area contributed by atoms with Crippen molar-refractivity contribution in [1.82, 2.24) is 9.88 Å². The second kappa shape index (κ2) is 19.2. The Morgan fingerprint density at radius 3 is 1.63 bits per heavy atom. The first-order valence-electron chi connectivity index (χ1n) is 12.8. The molecule has 0 unspecified atom stereocenters. The topological polar surface area (TPSA) is 237 Å². The molecule has 0 atom stereocenters. The number of ether oxygens (including phenoxy) is 2. The molecular weight excluding hydrogens is 697 g/mol. The fraction of sp³-hybridized carbons (Fsp3) is 0.346. The summed E-state index contributed by atoms with van der Waals surface area (Å²) < 4.78 is 106. The number of aliphatic carboxylic acids is 3. The highest BCUT2D eigenvalue weighted by atomic mass is 19.4. The van der Waals surface area contributed by atoms with E-state index in [1.165, 1.54) is 6.20 Å². The van der Waals surface area contributed by atoms with Gasteiger partial charge in [-0.3, -0.25) is 15.8 Å². The number of esters is 1. The van der Waals surface area contributed by atoms with Crippen LogP contribution in [-0.2, 0) is 19.1 Å². The smallest absolute Gasteiger partial charge is 0.490 e. The highest BCUT2D eigenvalue weighted by Crippen LogP contribution is 2.16. The van der Waals surface area contributed by atoms with Crippen LogP contribution >= 0.6 is 0 Å². The number of hydrogen-bond donors (Lipinski definition) is 6. The number of nitrogens with one attached hydrogen (secondary N) is 2. The lowest BCUT2D eigenvalue weighted by Crippen LogP contribution is -2.28. The largest absolute Gasteiger partial charge is 0.490 e. The van der Waals surface area contributed by atoms with E-state index < -0.39 is 42.4 Å². The molecule has 1 aliphatic rings. The van der Waals surface area contributed by atoms with Gasteiger partial charge in [0, 0.05) is 24.8 Å². The molecule has 0 radical (unpaired) electrons. The number of halogens is 9. The van der Waals surface area contributed by atoms with Gasteiger partial charge in [-0.15, -0.1) is 0 Å². The molecule has 14 nitrogen and oxygen atoms in total. The third-order valence-electron chi connectivity index (χ3n) is 5.12. The van der Waals surface area contributed by atoms with E-state index in [1.807, 2.05) is 4.90 Å². The molecule has 0 spiro atoms. The molecule has 0 amide bonds. The molecule has 1 fully saturated rings. The van der Waals surface area contributed by atoms with Crippen LogP contribution in [0.25, 0.3) is 0 Å². The molecule has 0 aliphatic carbocycles. The second-order valence-electron chi connectivity index (χ2n) is 8.81. The molecule has 2 heterocycles. The van der Waals surface area contributed by atoms with Crippen LogP contribution in [-0.4, -0.2) is 106 Å². The molecule has 0 bridgehead atoms. The molecule has 0 saturated carbocycles. The Kier molecular flexibility index (Phi) is 17.0. The summed E-state index contributed by atoms with van der Waals surface area (Å²) >= 11 is 0. The number of benzene rings is 1. The van der Waals surface area contributed by atoms with Crippen LogP contribution in [0.5, 0.6) is 5.75 Å². The van der Waals surface area contributed by atoms with Gasteiger partial charge in [0.05, 0.1) is 5.56 Å². The number of carboxylic acid groups (broad SMARTS) is 3. The van der Waals surface area contributed by atoms with Gasteiger partial charge in [0.2, 0.25) is 0 Å². The van der Waals surface area contributed by atoms with Crippen molar-refractivity contribution in [1.29, 1.82) is 10.8 Å². The molecule has 272 valence electrons. The van der Waals surface area contributed by atoms with E-state index in [9.17, 15) is 44.3 Å². The Labute approximate surface area is 268 Å². The van der Waals surface area contributed by atoms with Crippen LogP contribution in [0.2, 0.25) is 0 Å². The molecule has 49 heavy (non-hydrogen) atoms. The first-order valence-corrected chi connectivity index (χ1v) is 12.8. The Bertz CT molecular complexity index is 1390. The van der Waals surface area contributed by atoms with Gasteiger partial charge in [0.1, 0.15) is 36.3 Å². The zero-order valence-corrected chi connectivity index (χ0v) is 24.4. The predicted octanol–water partition coefficient (Wildman–Crippen LogP) is 3.92. The number of carbonyl (C=O) groups excluding carboxylic acids is 1. The number of alkyl halides is 9. The van der Waals surface area contributed by atoms with Crippen molar-refractivity contribution in [2.75, 3.05) is 26.3 Å². The third-order valence-corrected chi connectivity index (χ3v) is 5.12. The van der Waals surface area contributed by atoms with Gasteiger partial charge < -0.3 is 35.4 Å². The average Bonchev–Trinajstić information content (AvgIpc) is 3.54. The van der Waals surface area contributed by atoms with Crippen molar-refractivity contribution in [3.63, 3.8) is 0 Å². The lowest BCUT2D eigenvalue weighted by Gasteiger charge is -2.17. The van der Waals surface area contributed by atoms with Gasteiger partial charge in [-0.1, -0.05) is 12.1 Å². The number of aromatic nitrogens is 1. The van der Waals surface area contributed by atoms with Crippen molar-refractivity contribution < 1.29 is 83.5 Å². The van der Waals surface area contributed by atoms with Crippen molar-refractivity contribution >= 4 is 35.5 Å². The van der Waals surface area contributed by atoms with E-state index in [0.29, 0.717) is 28.4 Å². The van der Waals surface area contributed by atoms with E-state index in [2.05, 4.69) is 4.98 Å². The van der Waals surface area contributed by atoms with E-state index in [0.717, 1.165) is 25.9 Å². The summed E-state index contributed by atoms with van der Waals surface area (Å²) in [6, 6.07) is 10.1. The minimum atomic E-state index is -5.08. The van der Waals surface area contributed by atoms with Crippen LogP contribution < -0.4 is 10.5 Å². The molecule has 2 aromatic rings. The van der Waals surface area contributed by atoms with Crippen LogP contribution in [0.4, 0.5) is 39.5 Å². The number of amidine groups is 2. The molecule has 7 N–H and O–H groups in total. The Morgan fingerprint density at radius 1 is 0.776 bits per heavy atom. The number of nitrogens with two attached hydrogens (primary N) is 1. The molecule has 1 aromatic heterocycles. The number of rotatable bonds is 7. The van der Waals surface area contributed by atoms with Crippen LogP contribution in [0, 0.1) is 10.8 Å². The quantitative estimate of drug-likeness (QED) is 0.0784. The van der Waals surface area contributed by atoms with Gasteiger partial charge in [-0.05, 0) is 37.1 Å². The van der Waals surface area contributed by atoms with Crippen LogP contribution in [0.3, 0.4) is 0 Å². The maximum absolute atomic E-state index is 12.1. The third kappa shape index (κ3) is 17.7. The molecule has 1 saturated heterocycles. The van der Waals surface area contributed by atoms with Gasteiger partial charge in [-0.2, -0.15) is 39.5 Å². The van der Waals surface area contributed by atoms with Crippen molar-refractivity contribution in [2.45, 2.75) is 31.4 Å². The van der Waals surface area contributed by atoms with E-state index in [4.69, 9.17) is 55.7 Å². The highest BCUT2D eigenvalue weighted by Gasteiger charge is 2.39. The summed E-state index contributed by atoms with van der Waals surface area (Å²) in [6.07, 6.45) is -11.6. The normalized spacial score (nSPS) is 12.4. The van der Waals surface area contributed by atoms with Crippen molar-refractivity contribution in [3.05, 3.63) is 59.4 Å². The van der Waals surface area contributed by atoms with Crippen LogP contribution in [0.1, 0.15) is 34.5 Å². The summed E-state index contributed by atoms with van der Waals surface area (Å²) in [5, 5.41) is 37.0. The maximum Gasteiger partial charge on any atom is 0.490 e. The lowest BCUT2D eigenvalue weighted by atomic mass is 10.2. The lowest BCUT2D eigenvalue weighted by molar-refractivity contribution is -0.193. The number of likely N-dealkylation sites (tertiary alicyclic amines) is 1. The maximum atomic E-state index is 12.1. The summed E-state index contributed by atoms with van der Waals surface area (Å²) in [6.45, 7) is 2.01. The number of hydrogen-bond acceptors (Lipinski definition) is 9. The molecule has 1 aromatic carbocycles. The minimum absolute atomic E-state index is 0.0364. The zero-order valence-electron chi connectivity index (χ0n) is 24.4. The van der Waals surface area contributed by atoms with Crippen LogP contribution in [0.15, 0.2) is 42.6 Å². The van der Waals surface area contributed by atoms with Gasteiger partial charge >= 0.3 is 42.4 Å². The fourth-order valence-electron chi connectivity index (χ4n) is 2.89. The van der Waals surface area contributed by atoms with Gasteiger partial charge in [0.15, 0.2) is 0 Å². The summed E-state index contributed by atoms with van der Waals surface area (Å²) in [4.78, 5) is 45.0. The predicted molar refractivity (Wildman–Crippen MR) is 146 cm³/mol. The molecule has 3 rings (SSSR count). The fourth-order valence-corrected chi connectivity index (χ4v) is 2.89. The number of nitrogens with zero attached hydrogens (tertiary/aromatic N) is 2. The number of pyridine rings is 1. The first kappa shape index (κ1) is 43.4. The summed E-state index contributed by atoms with van der Waals surface area (Å²) in [7, 11) is 0. The standard InChI is InChI=1S/C20H23N5O3.3C2HF3O2/c21-18(22)14-4-3-5-16(12-14)27-10-11-28-20(26)15-6-7-17(24-13-15)19(23)25-8-1-2-9-25;3*3-2(4,5)1(6)7/h3-7,12-13,23H,1-2,8-11H2,(H3,21,22);3*(H,6,7). The van der Waals surface area contributed by atoms with E-state index >= 15 is 0 Å². The summed E-state index contributed by atoms with van der Waals surface area (Å²) in [5.74, 6) is -7.86. The SMILES string of the molecule is N=C(N)c1cccc(OCCOC(=O)c2ccc(C(=N)N3CCCC3)nc2)c1.O=C(O)C(F)(F)F.O=C(O)C(F)(F)F.O=C(O)C(F)(F)F. The summed E-state index contributed by atoms with van der Waals surface area (Å²) in [5.41, 5.74) is 6.89. The molecular formula is C26H26F9N5O9. The number of carboxylic acids is 3. The monoisotopic (exact) mass is 723 g/mol.